The molecule has 1 aliphatic rings. The molecule has 5 heteroatoms. The SMILES string of the molecule is CSc1cccc(NC2=Nc3cc(N)ccc3OC2C)c1. The van der Waals surface area contributed by atoms with Crippen molar-refractivity contribution in [1.29, 1.82) is 0 Å². The highest BCUT2D eigenvalue weighted by molar-refractivity contribution is 7.98. The van der Waals surface area contributed by atoms with Crippen LogP contribution in [-0.4, -0.2) is 18.2 Å². The van der Waals surface area contributed by atoms with Gasteiger partial charge in [0.05, 0.1) is 0 Å². The van der Waals surface area contributed by atoms with Crippen molar-refractivity contribution in [2.24, 2.45) is 4.99 Å². The number of nitrogens with zero attached hydrogens (tertiary/aromatic N) is 1. The lowest BCUT2D eigenvalue weighted by molar-refractivity contribution is 0.283. The van der Waals surface area contributed by atoms with Gasteiger partial charge in [-0.15, -0.1) is 11.8 Å². The summed E-state index contributed by atoms with van der Waals surface area (Å²) in [5.41, 5.74) is 8.25. The molecule has 0 aromatic heterocycles. The van der Waals surface area contributed by atoms with E-state index < -0.39 is 0 Å². The minimum atomic E-state index is -0.126. The standard InChI is InChI=1S/C16H17N3OS/c1-10-16(18-12-4-3-5-13(9-12)21-2)19-14-8-11(17)6-7-15(14)20-10/h3-10H,17H2,1-2H3,(H,18,19). The second-order valence-electron chi connectivity index (χ2n) is 4.84. The number of hydrogen-bond acceptors (Lipinski definition) is 5. The van der Waals surface area contributed by atoms with Crippen LogP contribution in [0.5, 0.6) is 5.75 Å². The maximum atomic E-state index is 5.87. The zero-order valence-electron chi connectivity index (χ0n) is 12.0. The van der Waals surface area contributed by atoms with Gasteiger partial charge in [-0.2, -0.15) is 0 Å². The Hall–Kier alpha value is -2.14. The number of rotatable bonds is 2. The first-order valence-electron chi connectivity index (χ1n) is 6.71. The highest BCUT2D eigenvalue weighted by Gasteiger charge is 2.20. The van der Waals surface area contributed by atoms with Crippen LogP contribution in [0.3, 0.4) is 0 Å². The van der Waals surface area contributed by atoms with Gasteiger partial charge >= 0.3 is 0 Å². The Balaban J connectivity index is 1.90. The maximum Gasteiger partial charge on any atom is 0.153 e. The molecule has 0 spiro atoms. The number of nitrogens with two attached hydrogens (primary N) is 1. The van der Waals surface area contributed by atoms with Gasteiger partial charge < -0.3 is 15.8 Å². The fraction of sp³-hybridized carbons (Fsp3) is 0.188. The molecule has 2 aromatic rings. The number of aliphatic imine (C=N–C) groups is 1. The van der Waals surface area contributed by atoms with Crippen molar-refractivity contribution in [2.75, 3.05) is 17.3 Å². The van der Waals surface area contributed by atoms with E-state index in [9.17, 15) is 0 Å². The van der Waals surface area contributed by atoms with E-state index in [2.05, 4.69) is 28.7 Å². The molecule has 0 radical (unpaired) electrons. The van der Waals surface area contributed by atoms with Crippen molar-refractivity contribution >= 4 is 34.7 Å². The minimum Gasteiger partial charge on any atom is -0.481 e. The Morgan fingerprint density at radius 2 is 2.10 bits per heavy atom. The van der Waals surface area contributed by atoms with Gasteiger partial charge in [0.1, 0.15) is 17.3 Å². The average Bonchev–Trinajstić information content (AvgIpc) is 2.49. The van der Waals surface area contributed by atoms with Crippen LogP contribution in [-0.2, 0) is 0 Å². The third-order valence-corrected chi connectivity index (χ3v) is 3.98. The lowest BCUT2D eigenvalue weighted by Gasteiger charge is -2.24. The van der Waals surface area contributed by atoms with E-state index in [0.29, 0.717) is 5.69 Å². The van der Waals surface area contributed by atoms with Gasteiger partial charge in [0, 0.05) is 16.3 Å². The fourth-order valence-corrected chi connectivity index (χ4v) is 2.63. The highest BCUT2D eigenvalue weighted by Crippen LogP contribution is 2.34. The topological polar surface area (TPSA) is 59.6 Å². The molecule has 3 N–H and O–H groups in total. The van der Waals surface area contributed by atoms with Gasteiger partial charge in [0.25, 0.3) is 0 Å². The van der Waals surface area contributed by atoms with E-state index in [1.165, 1.54) is 4.90 Å². The van der Waals surface area contributed by atoms with Gasteiger partial charge in [0.15, 0.2) is 6.10 Å². The molecular weight excluding hydrogens is 282 g/mol. The number of amidine groups is 1. The van der Waals surface area contributed by atoms with Crippen LogP contribution in [0.1, 0.15) is 6.92 Å². The molecule has 0 saturated heterocycles. The molecule has 0 fully saturated rings. The van der Waals surface area contributed by atoms with Crippen LogP contribution in [0.4, 0.5) is 17.1 Å². The van der Waals surface area contributed by atoms with Crippen LogP contribution >= 0.6 is 11.8 Å². The van der Waals surface area contributed by atoms with Crippen molar-refractivity contribution in [3.8, 4) is 5.75 Å². The zero-order valence-corrected chi connectivity index (χ0v) is 12.8. The summed E-state index contributed by atoms with van der Waals surface area (Å²) in [5, 5.41) is 3.34. The molecule has 1 unspecified atom stereocenters. The molecule has 4 nitrogen and oxygen atoms in total. The number of benzene rings is 2. The number of thioether (sulfide) groups is 1. The second kappa shape index (κ2) is 5.69. The molecule has 3 rings (SSSR count). The molecule has 0 saturated carbocycles. The fourth-order valence-electron chi connectivity index (χ4n) is 2.17. The number of nitrogen functional groups attached to an aromatic ring is 1. The zero-order chi connectivity index (χ0) is 14.8. The van der Waals surface area contributed by atoms with Crippen LogP contribution < -0.4 is 15.8 Å². The summed E-state index contributed by atoms with van der Waals surface area (Å²) in [5.74, 6) is 1.55. The largest absolute Gasteiger partial charge is 0.481 e. The predicted octanol–water partition coefficient (Wildman–Crippen LogP) is 3.91. The smallest absolute Gasteiger partial charge is 0.153 e. The summed E-state index contributed by atoms with van der Waals surface area (Å²) in [6.07, 6.45) is 1.93. The first-order chi connectivity index (χ1) is 10.2. The van der Waals surface area contributed by atoms with E-state index in [-0.39, 0.29) is 6.10 Å². The summed E-state index contributed by atoms with van der Waals surface area (Å²) in [4.78, 5) is 5.84. The van der Waals surface area contributed by atoms with Crippen molar-refractivity contribution in [3.05, 3.63) is 42.5 Å². The van der Waals surface area contributed by atoms with Crippen molar-refractivity contribution < 1.29 is 4.74 Å². The summed E-state index contributed by atoms with van der Waals surface area (Å²) < 4.78 is 5.87. The molecule has 108 valence electrons. The Kier molecular flexibility index (Phi) is 3.75. The van der Waals surface area contributed by atoms with E-state index in [1.54, 1.807) is 11.8 Å². The Morgan fingerprint density at radius 3 is 2.90 bits per heavy atom. The summed E-state index contributed by atoms with van der Waals surface area (Å²) >= 11 is 1.71. The van der Waals surface area contributed by atoms with Crippen LogP contribution in [0.15, 0.2) is 52.4 Å². The van der Waals surface area contributed by atoms with E-state index in [0.717, 1.165) is 23.0 Å². The Labute approximate surface area is 128 Å². The lowest BCUT2D eigenvalue weighted by Crippen LogP contribution is -2.32. The molecule has 21 heavy (non-hydrogen) atoms. The van der Waals surface area contributed by atoms with Gasteiger partial charge in [0.2, 0.25) is 0 Å². The number of fused-ring (bicyclic) bond motifs is 1. The minimum absolute atomic E-state index is 0.126. The van der Waals surface area contributed by atoms with Gasteiger partial charge in [-0.05, 0) is 49.6 Å². The Morgan fingerprint density at radius 1 is 1.24 bits per heavy atom. The molecule has 0 amide bonds. The normalized spacial score (nSPS) is 16.7. The van der Waals surface area contributed by atoms with Crippen LogP contribution in [0, 0.1) is 0 Å². The first-order valence-corrected chi connectivity index (χ1v) is 7.94. The molecule has 0 bridgehead atoms. The third-order valence-electron chi connectivity index (χ3n) is 3.25. The molecule has 2 aromatic carbocycles. The van der Waals surface area contributed by atoms with Gasteiger partial charge in [-0.3, -0.25) is 0 Å². The van der Waals surface area contributed by atoms with Crippen molar-refractivity contribution in [2.45, 2.75) is 17.9 Å². The quantitative estimate of drug-likeness (QED) is 0.652. The summed E-state index contributed by atoms with van der Waals surface area (Å²) in [6, 6.07) is 13.7. The number of ether oxygens (including phenoxy) is 1. The highest BCUT2D eigenvalue weighted by atomic mass is 32.2. The van der Waals surface area contributed by atoms with Crippen LogP contribution in [0.2, 0.25) is 0 Å². The van der Waals surface area contributed by atoms with E-state index >= 15 is 0 Å². The van der Waals surface area contributed by atoms with Crippen molar-refractivity contribution in [3.63, 3.8) is 0 Å². The molecule has 1 heterocycles. The molecular formula is C16H17N3OS. The average molecular weight is 299 g/mol. The first kappa shape index (κ1) is 13.8. The lowest BCUT2D eigenvalue weighted by atomic mass is 10.2. The molecule has 0 aliphatic carbocycles. The molecule has 1 atom stereocenters. The third kappa shape index (κ3) is 2.97. The second-order valence-corrected chi connectivity index (χ2v) is 5.72. The predicted molar refractivity (Wildman–Crippen MR) is 89.9 cm³/mol. The van der Waals surface area contributed by atoms with Crippen molar-refractivity contribution in [1.82, 2.24) is 0 Å². The van der Waals surface area contributed by atoms with Gasteiger partial charge in [-0.1, -0.05) is 6.07 Å². The Bertz CT molecular complexity index is 700. The number of hydrogen-bond donors (Lipinski definition) is 2. The summed E-state index contributed by atoms with van der Waals surface area (Å²) in [6.45, 7) is 1.98. The monoisotopic (exact) mass is 299 g/mol. The van der Waals surface area contributed by atoms with E-state index in [1.807, 2.05) is 37.3 Å². The maximum absolute atomic E-state index is 5.87. The van der Waals surface area contributed by atoms with E-state index in [4.69, 9.17) is 10.5 Å². The summed E-state index contributed by atoms with van der Waals surface area (Å²) in [7, 11) is 0. The number of nitrogens with one attached hydrogen (secondary N) is 1. The van der Waals surface area contributed by atoms with Gasteiger partial charge in [-0.25, -0.2) is 4.99 Å². The number of anilines is 2. The molecule has 1 aliphatic heterocycles. The van der Waals surface area contributed by atoms with Crippen LogP contribution in [0.25, 0.3) is 0 Å².